The molecule has 0 unspecified atom stereocenters. The van der Waals surface area contributed by atoms with Crippen LogP contribution < -0.4 is 9.64 Å². The minimum Gasteiger partial charge on any atom is -0.489 e. The Morgan fingerprint density at radius 3 is 2.00 bits per heavy atom. The number of benzene rings is 1. The van der Waals surface area contributed by atoms with Crippen LogP contribution in [0.4, 0.5) is 5.69 Å². The van der Waals surface area contributed by atoms with Crippen LogP contribution in [0.15, 0.2) is 60.7 Å². The van der Waals surface area contributed by atoms with Gasteiger partial charge in [-0.15, -0.1) is 0 Å². The van der Waals surface area contributed by atoms with Gasteiger partial charge in [0, 0.05) is 17.7 Å². The molecule has 0 aromatic heterocycles. The molecule has 4 nitrogen and oxygen atoms in total. The SMILES string of the molecule is C=C(C)COc1c(CC(=C)C)ccc(N2C(=O)C=CC2=O)c1CC(=C)C. The summed E-state index contributed by atoms with van der Waals surface area (Å²) in [6, 6.07) is 3.69. The first kappa shape index (κ1) is 19.4. The van der Waals surface area contributed by atoms with Crippen LogP contribution in [0, 0.1) is 0 Å². The molecular weight excluding hydrogens is 326 g/mol. The Labute approximate surface area is 155 Å². The number of amides is 2. The lowest BCUT2D eigenvalue weighted by Crippen LogP contribution is -2.30. The first-order valence-corrected chi connectivity index (χ1v) is 8.47. The Hall–Kier alpha value is -2.88. The number of ether oxygens (including phenoxy) is 1. The molecule has 0 N–H and O–H groups in total. The summed E-state index contributed by atoms with van der Waals surface area (Å²) in [5.74, 6) is -0.0306. The summed E-state index contributed by atoms with van der Waals surface area (Å²) in [6.07, 6.45) is 3.71. The van der Waals surface area contributed by atoms with Crippen molar-refractivity contribution >= 4 is 17.5 Å². The molecular formula is C22H25NO3. The van der Waals surface area contributed by atoms with Crippen LogP contribution in [0.5, 0.6) is 5.75 Å². The first-order valence-electron chi connectivity index (χ1n) is 8.47. The van der Waals surface area contributed by atoms with Crippen molar-refractivity contribution in [3.63, 3.8) is 0 Å². The first-order chi connectivity index (χ1) is 12.2. The lowest BCUT2D eigenvalue weighted by molar-refractivity contribution is -0.120. The van der Waals surface area contributed by atoms with Crippen molar-refractivity contribution in [2.75, 3.05) is 11.5 Å². The molecule has 136 valence electrons. The third-order valence-corrected chi connectivity index (χ3v) is 3.80. The van der Waals surface area contributed by atoms with Gasteiger partial charge in [-0.1, -0.05) is 36.9 Å². The minimum atomic E-state index is -0.350. The van der Waals surface area contributed by atoms with Crippen LogP contribution in [-0.2, 0) is 22.4 Å². The molecule has 1 heterocycles. The zero-order valence-electron chi connectivity index (χ0n) is 15.7. The molecule has 1 aliphatic heterocycles. The third-order valence-electron chi connectivity index (χ3n) is 3.80. The van der Waals surface area contributed by atoms with E-state index in [1.54, 1.807) is 6.07 Å². The fraction of sp³-hybridized carbons (Fsp3) is 0.273. The van der Waals surface area contributed by atoms with Gasteiger partial charge in [-0.3, -0.25) is 9.59 Å². The van der Waals surface area contributed by atoms with E-state index >= 15 is 0 Å². The fourth-order valence-corrected chi connectivity index (χ4v) is 2.83. The number of allylic oxidation sites excluding steroid dienone is 2. The van der Waals surface area contributed by atoms with Gasteiger partial charge in [0.25, 0.3) is 11.8 Å². The topological polar surface area (TPSA) is 46.6 Å². The van der Waals surface area contributed by atoms with E-state index in [1.165, 1.54) is 17.1 Å². The summed E-state index contributed by atoms with van der Waals surface area (Å²) in [7, 11) is 0. The number of hydrogen-bond acceptors (Lipinski definition) is 3. The molecule has 2 rings (SSSR count). The molecule has 0 radical (unpaired) electrons. The minimum absolute atomic E-state index is 0.350. The highest BCUT2D eigenvalue weighted by Gasteiger charge is 2.29. The average molecular weight is 351 g/mol. The number of rotatable bonds is 8. The van der Waals surface area contributed by atoms with E-state index in [-0.39, 0.29) is 11.8 Å². The summed E-state index contributed by atoms with van der Waals surface area (Å²) < 4.78 is 6.05. The Kier molecular flexibility index (Phi) is 5.98. The average Bonchev–Trinajstić information content (AvgIpc) is 2.85. The number of hydrogen-bond donors (Lipinski definition) is 0. The van der Waals surface area contributed by atoms with Crippen molar-refractivity contribution < 1.29 is 14.3 Å². The number of carbonyl (C=O) groups is 2. The molecule has 1 aromatic rings. The van der Waals surface area contributed by atoms with Gasteiger partial charge in [0.15, 0.2) is 0 Å². The standard InChI is InChI=1S/C22H25NO3/c1-14(2)11-17-7-8-19(23-20(24)9-10-21(23)25)18(12-15(3)4)22(17)26-13-16(5)6/h7-10H,1,3,5,11-13H2,2,4,6H3. The van der Waals surface area contributed by atoms with Gasteiger partial charge in [-0.2, -0.15) is 0 Å². The molecule has 1 aromatic carbocycles. The van der Waals surface area contributed by atoms with E-state index in [1.807, 2.05) is 26.8 Å². The molecule has 0 saturated heterocycles. The quantitative estimate of drug-likeness (QED) is 0.518. The lowest BCUT2D eigenvalue weighted by atomic mass is 9.96. The zero-order valence-corrected chi connectivity index (χ0v) is 15.7. The van der Waals surface area contributed by atoms with E-state index in [0.29, 0.717) is 30.9 Å². The van der Waals surface area contributed by atoms with Crippen molar-refractivity contribution in [3.8, 4) is 5.75 Å². The highest BCUT2D eigenvalue weighted by Crippen LogP contribution is 2.37. The fourth-order valence-electron chi connectivity index (χ4n) is 2.83. The van der Waals surface area contributed by atoms with Crippen LogP contribution in [0.1, 0.15) is 31.9 Å². The Morgan fingerprint density at radius 2 is 1.50 bits per heavy atom. The second-order valence-electron chi connectivity index (χ2n) is 6.91. The van der Waals surface area contributed by atoms with E-state index in [4.69, 9.17) is 4.74 Å². The number of carbonyl (C=O) groups excluding carboxylic acids is 2. The molecule has 2 amide bonds. The second kappa shape index (κ2) is 8.00. The van der Waals surface area contributed by atoms with Gasteiger partial charge in [-0.25, -0.2) is 4.90 Å². The van der Waals surface area contributed by atoms with Crippen LogP contribution in [0.3, 0.4) is 0 Å². The lowest BCUT2D eigenvalue weighted by Gasteiger charge is -2.24. The molecule has 0 saturated carbocycles. The summed E-state index contributed by atoms with van der Waals surface area (Å²) >= 11 is 0. The van der Waals surface area contributed by atoms with Crippen molar-refractivity contribution in [2.24, 2.45) is 0 Å². The largest absolute Gasteiger partial charge is 0.489 e. The Balaban J connectivity index is 2.63. The van der Waals surface area contributed by atoms with Gasteiger partial charge in [0.05, 0.1) is 5.69 Å². The predicted octanol–water partition coefficient (Wildman–Crippen LogP) is 4.31. The van der Waals surface area contributed by atoms with Gasteiger partial charge in [-0.05, 0) is 50.8 Å². The Morgan fingerprint density at radius 1 is 0.923 bits per heavy atom. The van der Waals surface area contributed by atoms with E-state index in [2.05, 4.69) is 19.7 Å². The molecule has 0 spiro atoms. The second-order valence-corrected chi connectivity index (χ2v) is 6.91. The summed E-state index contributed by atoms with van der Waals surface area (Å²) in [5.41, 5.74) is 5.07. The van der Waals surface area contributed by atoms with E-state index in [9.17, 15) is 9.59 Å². The Bertz CT molecular complexity index is 812. The summed E-state index contributed by atoms with van der Waals surface area (Å²) in [4.78, 5) is 25.6. The van der Waals surface area contributed by atoms with Crippen LogP contribution in [-0.4, -0.2) is 18.4 Å². The van der Waals surface area contributed by atoms with Gasteiger partial charge < -0.3 is 4.74 Å². The molecule has 0 fully saturated rings. The maximum Gasteiger partial charge on any atom is 0.258 e. The molecule has 1 aliphatic rings. The monoisotopic (exact) mass is 351 g/mol. The van der Waals surface area contributed by atoms with Crippen molar-refractivity contribution in [2.45, 2.75) is 33.6 Å². The molecule has 0 bridgehead atoms. The number of nitrogens with zero attached hydrogens (tertiary/aromatic N) is 1. The predicted molar refractivity (Wildman–Crippen MR) is 105 cm³/mol. The normalized spacial score (nSPS) is 13.3. The van der Waals surface area contributed by atoms with Crippen molar-refractivity contribution in [1.82, 2.24) is 0 Å². The van der Waals surface area contributed by atoms with Gasteiger partial charge in [0.2, 0.25) is 0 Å². The number of imide groups is 1. The van der Waals surface area contributed by atoms with Crippen LogP contribution >= 0.6 is 0 Å². The highest BCUT2D eigenvalue weighted by molar-refractivity contribution is 6.28. The number of anilines is 1. The summed E-state index contributed by atoms with van der Waals surface area (Å²) in [6.45, 7) is 18.0. The molecule has 4 heteroatoms. The van der Waals surface area contributed by atoms with Gasteiger partial charge in [0.1, 0.15) is 12.4 Å². The molecule has 0 atom stereocenters. The van der Waals surface area contributed by atoms with Crippen LogP contribution in [0.25, 0.3) is 0 Å². The van der Waals surface area contributed by atoms with Crippen molar-refractivity contribution in [1.29, 1.82) is 0 Å². The molecule has 0 aliphatic carbocycles. The van der Waals surface area contributed by atoms with Gasteiger partial charge >= 0.3 is 0 Å². The maximum absolute atomic E-state index is 12.2. The zero-order chi connectivity index (χ0) is 19.4. The van der Waals surface area contributed by atoms with E-state index in [0.717, 1.165) is 27.8 Å². The van der Waals surface area contributed by atoms with E-state index < -0.39 is 0 Å². The molecule has 26 heavy (non-hydrogen) atoms. The highest BCUT2D eigenvalue weighted by atomic mass is 16.5. The van der Waals surface area contributed by atoms with Crippen LogP contribution in [0.2, 0.25) is 0 Å². The smallest absolute Gasteiger partial charge is 0.258 e. The summed E-state index contributed by atoms with van der Waals surface area (Å²) in [5, 5.41) is 0. The maximum atomic E-state index is 12.2. The van der Waals surface area contributed by atoms with Crippen molar-refractivity contribution in [3.05, 3.63) is 71.9 Å². The third kappa shape index (κ3) is 4.39.